The van der Waals surface area contributed by atoms with E-state index in [1.165, 1.54) is 10.6 Å². The molecule has 15 nitrogen and oxygen atoms in total. The van der Waals surface area contributed by atoms with E-state index >= 15 is 4.39 Å². The second-order valence-electron chi connectivity index (χ2n) is 15.9. The number of amides is 4. The summed E-state index contributed by atoms with van der Waals surface area (Å²) in [4.78, 5) is 67.2. The second kappa shape index (κ2) is 13.4. The minimum atomic E-state index is -4.33. The highest BCUT2D eigenvalue weighted by molar-refractivity contribution is 7.92. The van der Waals surface area contributed by atoms with Crippen molar-refractivity contribution in [2.75, 3.05) is 43.6 Å². The van der Waals surface area contributed by atoms with Crippen LogP contribution in [0.4, 0.5) is 10.1 Å². The molecule has 4 aliphatic heterocycles. The van der Waals surface area contributed by atoms with Crippen LogP contribution in [-0.4, -0.2) is 95.4 Å². The number of fused-ring (bicyclic) bond motifs is 2. The molecule has 1 aliphatic carbocycles. The molecule has 0 radical (unpaired) electrons. The molecule has 4 saturated heterocycles. The predicted molar refractivity (Wildman–Crippen MR) is 203 cm³/mol. The molecule has 56 heavy (non-hydrogen) atoms. The summed E-state index contributed by atoms with van der Waals surface area (Å²) in [6.45, 7) is 3.11. The third-order valence-electron chi connectivity index (χ3n) is 12.5. The van der Waals surface area contributed by atoms with Gasteiger partial charge in [-0.2, -0.15) is 8.42 Å². The van der Waals surface area contributed by atoms with Crippen molar-refractivity contribution < 1.29 is 37.1 Å². The number of piperidine rings is 2. The van der Waals surface area contributed by atoms with E-state index in [9.17, 15) is 37.5 Å². The van der Waals surface area contributed by atoms with Crippen LogP contribution in [0.15, 0.2) is 47.3 Å². The van der Waals surface area contributed by atoms with Crippen molar-refractivity contribution in [3.8, 4) is 5.75 Å². The molecule has 4 amide bonds. The standard InChI is InChI=1S/C39H42FN7O8S/c1-43-31-16-23(4-5-29(31)47(39(43)53)30-6-7-33(49)41-37(30)51)21-8-11-44(12-9-21)18-26-15-28(26)38(52)45-13-10-25(19-45)22-2-3-24-17-32(48)36(35(40)27(24)14-22)46-20-34(50)42-56(46,54)55/h2-5,14,16-17,21,25-26,28,30,48H,6-13,15,18-20H2,1H3,(H,42,50)(H,41,49,51)/t25-,26?,28?,30?/m1/s1. The molecule has 4 atom stereocenters. The van der Waals surface area contributed by atoms with Gasteiger partial charge in [-0.15, -0.1) is 0 Å². The normalized spacial score (nSPS) is 25.6. The number of carbonyl (C=O) groups excluding carboxylic acids is 4. The lowest BCUT2D eigenvalue weighted by atomic mass is 9.89. The average molecular weight is 788 g/mol. The number of benzene rings is 3. The zero-order chi connectivity index (χ0) is 39.2. The van der Waals surface area contributed by atoms with Gasteiger partial charge in [0.1, 0.15) is 24.0 Å². The Labute approximate surface area is 321 Å². The number of halogens is 1. The number of hydrogen-bond acceptors (Lipinski definition) is 9. The van der Waals surface area contributed by atoms with Crippen LogP contribution in [0.5, 0.6) is 5.75 Å². The summed E-state index contributed by atoms with van der Waals surface area (Å²) in [7, 11) is -2.62. The van der Waals surface area contributed by atoms with Gasteiger partial charge in [0, 0.05) is 50.3 Å². The predicted octanol–water partition coefficient (Wildman–Crippen LogP) is 2.33. The SMILES string of the molecule is Cn1c(=O)n(C2CCC(=O)NC2=O)c2ccc(C3CCN(CC4CC4C(=O)N4CC[C@@H](c5ccc6cc(O)c(N7CC(=O)NS7(=O)=O)c(F)c6c5)C4)CC3)cc21. The maximum atomic E-state index is 15.8. The fourth-order valence-electron chi connectivity index (χ4n) is 9.35. The third kappa shape index (κ3) is 6.20. The minimum Gasteiger partial charge on any atom is -0.506 e. The lowest BCUT2D eigenvalue weighted by molar-refractivity contribution is -0.136. The molecule has 3 N–H and O–H groups in total. The van der Waals surface area contributed by atoms with Crippen molar-refractivity contribution in [1.82, 2.24) is 29.0 Å². The zero-order valence-corrected chi connectivity index (χ0v) is 31.6. The molecular formula is C39H42FN7O8S. The maximum absolute atomic E-state index is 15.8. The van der Waals surface area contributed by atoms with Crippen LogP contribution in [0.2, 0.25) is 0 Å². The van der Waals surface area contributed by atoms with Crippen LogP contribution in [0, 0.1) is 17.7 Å². The number of imidazole rings is 1. The van der Waals surface area contributed by atoms with Crippen LogP contribution in [0.3, 0.4) is 0 Å². The summed E-state index contributed by atoms with van der Waals surface area (Å²) in [5, 5.41) is 13.4. The van der Waals surface area contributed by atoms with Gasteiger partial charge in [0.05, 0.1) is 11.0 Å². The van der Waals surface area contributed by atoms with Crippen molar-refractivity contribution in [2.24, 2.45) is 18.9 Å². The van der Waals surface area contributed by atoms with E-state index < -0.39 is 51.9 Å². The summed E-state index contributed by atoms with van der Waals surface area (Å²) >= 11 is 0. The highest BCUT2D eigenvalue weighted by Crippen LogP contribution is 2.44. The Bertz CT molecular complexity index is 2530. The number of imide groups is 1. The summed E-state index contributed by atoms with van der Waals surface area (Å²) < 4.78 is 46.1. The number of phenols is 1. The Morgan fingerprint density at radius 2 is 1.64 bits per heavy atom. The fraction of sp³-hybridized carbons (Fsp3) is 0.462. The van der Waals surface area contributed by atoms with E-state index in [0.717, 1.165) is 55.5 Å². The molecule has 3 unspecified atom stereocenters. The summed E-state index contributed by atoms with van der Waals surface area (Å²) in [5.41, 5.74) is 2.54. The summed E-state index contributed by atoms with van der Waals surface area (Å²) in [6.07, 6.45) is 3.93. The highest BCUT2D eigenvalue weighted by atomic mass is 32.2. The van der Waals surface area contributed by atoms with Gasteiger partial charge in [-0.3, -0.25) is 33.6 Å². The number of likely N-dealkylation sites (tertiary alicyclic amines) is 2. The van der Waals surface area contributed by atoms with Crippen LogP contribution >= 0.6 is 0 Å². The smallest absolute Gasteiger partial charge is 0.329 e. The lowest BCUT2D eigenvalue weighted by Gasteiger charge is -2.32. The Kier molecular flexibility index (Phi) is 8.72. The van der Waals surface area contributed by atoms with Gasteiger partial charge in [0.2, 0.25) is 17.7 Å². The number of phenolic OH excluding ortho intramolecular Hbond substituents is 1. The van der Waals surface area contributed by atoms with Gasteiger partial charge in [-0.1, -0.05) is 18.2 Å². The second-order valence-corrected chi connectivity index (χ2v) is 17.5. The van der Waals surface area contributed by atoms with Gasteiger partial charge < -0.3 is 14.9 Å². The maximum Gasteiger partial charge on any atom is 0.329 e. The first kappa shape index (κ1) is 36.4. The lowest BCUT2D eigenvalue weighted by Crippen LogP contribution is -2.44. The van der Waals surface area contributed by atoms with Crippen LogP contribution < -0.4 is 20.0 Å². The molecule has 5 fully saturated rings. The van der Waals surface area contributed by atoms with E-state index in [4.69, 9.17) is 0 Å². The average Bonchev–Trinajstić information content (AvgIpc) is 3.51. The van der Waals surface area contributed by atoms with Gasteiger partial charge in [0.25, 0.3) is 5.91 Å². The number of aromatic hydroxyl groups is 1. The number of hydrogen-bond donors (Lipinski definition) is 3. The van der Waals surface area contributed by atoms with E-state index in [1.54, 1.807) is 28.5 Å². The minimum absolute atomic E-state index is 0.0260. The first-order valence-electron chi connectivity index (χ1n) is 19.1. The number of rotatable bonds is 7. The van der Waals surface area contributed by atoms with Gasteiger partial charge in [-0.25, -0.2) is 18.2 Å². The highest BCUT2D eigenvalue weighted by Gasteiger charge is 2.47. The van der Waals surface area contributed by atoms with Crippen LogP contribution in [0.25, 0.3) is 21.8 Å². The number of aromatic nitrogens is 2. The molecule has 4 aromatic rings. The molecule has 17 heteroatoms. The summed E-state index contributed by atoms with van der Waals surface area (Å²) in [6, 6.07) is 11.7. The zero-order valence-electron chi connectivity index (χ0n) is 30.7. The topological polar surface area (TPSA) is 183 Å². The molecule has 1 aromatic heterocycles. The fourth-order valence-corrected chi connectivity index (χ4v) is 10.5. The van der Waals surface area contributed by atoms with E-state index in [1.807, 2.05) is 23.1 Å². The number of aryl methyl sites for hydroxylation is 1. The van der Waals surface area contributed by atoms with Crippen molar-refractivity contribution in [2.45, 2.75) is 56.4 Å². The quantitative estimate of drug-likeness (QED) is 0.237. The Morgan fingerprint density at radius 1 is 0.911 bits per heavy atom. The van der Waals surface area contributed by atoms with Gasteiger partial charge in [-0.05, 0) is 97.8 Å². The summed E-state index contributed by atoms with van der Waals surface area (Å²) in [5.74, 6) is -2.42. The van der Waals surface area contributed by atoms with Crippen molar-refractivity contribution in [3.63, 3.8) is 0 Å². The van der Waals surface area contributed by atoms with Crippen molar-refractivity contribution >= 4 is 61.3 Å². The van der Waals surface area contributed by atoms with E-state index in [0.29, 0.717) is 53.0 Å². The Hall–Kier alpha value is -5.29. The van der Waals surface area contributed by atoms with Crippen LogP contribution in [0.1, 0.15) is 67.5 Å². The third-order valence-corrected chi connectivity index (χ3v) is 13.9. The first-order chi connectivity index (χ1) is 26.8. The van der Waals surface area contributed by atoms with Crippen molar-refractivity contribution in [1.29, 1.82) is 0 Å². The van der Waals surface area contributed by atoms with E-state index in [-0.39, 0.29) is 41.1 Å². The number of carbonyl (C=O) groups is 4. The molecule has 5 heterocycles. The monoisotopic (exact) mass is 787 g/mol. The van der Waals surface area contributed by atoms with Crippen molar-refractivity contribution in [3.05, 3.63) is 69.9 Å². The molecule has 0 spiro atoms. The first-order valence-corrected chi connectivity index (χ1v) is 20.6. The molecule has 3 aromatic carbocycles. The molecule has 294 valence electrons. The van der Waals surface area contributed by atoms with Crippen LogP contribution in [-0.2, 0) is 36.4 Å². The number of nitrogens with one attached hydrogen (secondary N) is 2. The Balaban J connectivity index is 0.803. The van der Waals surface area contributed by atoms with Gasteiger partial charge >= 0.3 is 15.9 Å². The Morgan fingerprint density at radius 3 is 2.38 bits per heavy atom. The number of anilines is 1. The molecule has 1 saturated carbocycles. The molecular weight excluding hydrogens is 746 g/mol. The molecule has 5 aliphatic rings. The molecule has 0 bridgehead atoms. The van der Waals surface area contributed by atoms with Gasteiger partial charge in [0.15, 0.2) is 5.82 Å². The largest absolute Gasteiger partial charge is 0.506 e. The van der Waals surface area contributed by atoms with E-state index in [2.05, 4.69) is 16.3 Å². The molecule has 9 rings (SSSR count). The number of nitrogens with zero attached hydrogens (tertiary/aromatic N) is 5.